The van der Waals surface area contributed by atoms with Gasteiger partial charge in [0.25, 0.3) is 0 Å². The second-order valence-electron chi connectivity index (χ2n) is 5.39. The molecule has 2 rings (SSSR count). The van der Waals surface area contributed by atoms with E-state index in [2.05, 4.69) is 5.43 Å². The minimum absolute atomic E-state index is 0.0220. The summed E-state index contributed by atoms with van der Waals surface area (Å²) in [6.45, 7) is 3.20. The third-order valence-electron chi connectivity index (χ3n) is 3.97. The van der Waals surface area contributed by atoms with Crippen molar-refractivity contribution in [2.45, 2.75) is 25.7 Å². The summed E-state index contributed by atoms with van der Waals surface area (Å²) < 4.78 is 16.2. The van der Waals surface area contributed by atoms with E-state index in [1.165, 1.54) is 12.5 Å². The molecule has 0 radical (unpaired) electrons. The fourth-order valence-electron chi connectivity index (χ4n) is 2.88. The van der Waals surface area contributed by atoms with E-state index in [0.29, 0.717) is 23.2 Å². The smallest absolute Gasteiger partial charge is 0.231 e. The van der Waals surface area contributed by atoms with Crippen molar-refractivity contribution in [3.63, 3.8) is 0 Å². The molecule has 1 N–H and O–H groups in total. The number of ether oxygens (including phenoxy) is 3. The second kappa shape index (κ2) is 7.35. The molecule has 0 unspecified atom stereocenters. The molecular weight excluding hydrogens is 284 g/mol. The van der Waals surface area contributed by atoms with Crippen molar-refractivity contribution >= 4 is 5.91 Å². The normalized spacial score (nSPS) is 16.2. The van der Waals surface area contributed by atoms with Crippen molar-refractivity contribution in [2.24, 2.45) is 0 Å². The van der Waals surface area contributed by atoms with Crippen LogP contribution < -0.4 is 19.6 Å². The highest BCUT2D eigenvalue weighted by Crippen LogP contribution is 2.41. The standard InChI is InChI=1S/C16H24N2O4/c1-11(19)17-18-7-5-12(6-8-18)13-9-14(20-2)16(22-4)15(10-13)21-3/h9-10,12H,5-8H2,1-4H3,(H,17,19). The minimum Gasteiger partial charge on any atom is -0.493 e. The Hall–Kier alpha value is -1.95. The molecule has 122 valence electrons. The van der Waals surface area contributed by atoms with Gasteiger partial charge in [-0.15, -0.1) is 0 Å². The van der Waals surface area contributed by atoms with E-state index in [1.807, 2.05) is 17.1 Å². The predicted octanol–water partition coefficient (Wildman–Crippen LogP) is 1.94. The number of methoxy groups -OCH3 is 3. The van der Waals surface area contributed by atoms with Crippen LogP contribution in [0.2, 0.25) is 0 Å². The molecule has 1 saturated heterocycles. The van der Waals surface area contributed by atoms with E-state index in [-0.39, 0.29) is 5.91 Å². The topological polar surface area (TPSA) is 60.0 Å². The van der Waals surface area contributed by atoms with Crippen molar-refractivity contribution < 1.29 is 19.0 Å². The minimum atomic E-state index is -0.0220. The van der Waals surface area contributed by atoms with Gasteiger partial charge in [-0.1, -0.05) is 0 Å². The lowest BCUT2D eigenvalue weighted by Crippen LogP contribution is -2.45. The molecule has 1 amide bonds. The van der Waals surface area contributed by atoms with E-state index in [9.17, 15) is 4.79 Å². The lowest BCUT2D eigenvalue weighted by atomic mass is 9.89. The zero-order valence-corrected chi connectivity index (χ0v) is 13.6. The fourth-order valence-corrected chi connectivity index (χ4v) is 2.88. The molecule has 1 aliphatic heterocycles. The molecule has 0 bridgehead atoms. The van der Waals surface area contributed by atoms with Crippen LogP contribution >= 0.6 is 0 Å². The number of nitrogens with zero attached hydrogens (tertiary/aromatic N) is 1. The van der Waals surface area contributed by atoms with Gasteiger partial charge in [-0.25, -0.2) is 5.01 Å². The molecule has 1 aromatic rings. The first-order valence-electron chi connectivity index (χ1n) is 7.41. The average molecular weight is 308 g/mol. The SMILES string of the molecule is COc1cc(C2CCN(NC(C)=O)CC2)cc(OC)c1OC. The molecule has 6 nitrogen and oxygen atoms in total. The molecule has 0 spiro atoms. The maximum Gasteiger partial charge on any atom is 0.231 e. The number of nitrogens with one attached hydrogen (secondary N) is 1. The molecule has 0 saturated carbocycles. The largest absolute Gasteiger partial charge is 0.493 e. The Kier molecular flexibility index (Phi) is 5.49. The summed E-state index contributed by atoms with van der Waals surface area (Å²) in [5.74, 6) is 2.37. The summed E-state index contributed by atoms with van der Waals surface area (Å²) in [5.41, 5.74) is 4.02. The molecular formula is C16H24N2O4. The van der Waals surface area contributed by atoms with Crippen molar-refractivity contribution in [1.29, 1.82) is 0 Å². The molecule has 1 aliphatic rings. The van der Waals surface area contributed by atoms with Gasteiger partial charge in [0.05, 0.1) is 21.3 Å². The van der Waals surface area contributed by atoms with Crippen LogP contribution in [0.15, 0.2) is 12.1 Å². The summed E-state index contributed by atoms with van der Waals surface area (Å²) in [6.07, 6.45) is 1.94. The summed E-state index contributed by atoms with van der Waals surface area (Å²) >= 11 is 0. The van der Waals surface area contributed by atoms with Crippen LogP contribution in [0.3, 0.4) is 0 Å². The Morgan fingerprint density at radius 1 is 1.09 bits per heavy atom. The van der Waals surface area contributed by atoms with Gasteiger partial charge in [0.1, 0.15) is 0 Å². The molecule has 1 fully saturated rings. The van der Waals surface area contributed by atoms with E-state index in [1.54, 1.807) is 21.3 Å². The number of amides is 1. The Morgan fingerprint density at radius 2 is 1.64 bits per heavy atom. The van der Waals surface area contributed by atoms with E-state index in [0.717, 1.165) is 25.9 Å². The summed E-state index contributed by atoms with van der Waals surface area (Å²) in [5, 5.41) is 1.97. The second-order valence-corrected chi connectivity index (χ2v) is 5.39. The Bertz CT molecular complexity index is 500. The third kappa shape index (κ3) is 3.62. The lowest BCUT2D eigenvalue weighted by molar-refractivity contribution is -0.124. The molecule has 1 aromatic carbocycles. The molecule has 22 heavy (non-hydrogen) atoms. The maximum atomic E-state index is 11.1. The van der Waals surface area contributed by atoms with Crippen LogP contribution in [0.1, 0.15) is 31.2 Å². The summed E-state index contributed by atoms with van der Waals surface area (Å²) in [7, 11) is 4.85. The molecule has 6 heteroatoms. The highest BCUT2D eigenvalue weighted by Gasteiger charge is 2.24. The van der Waals surface area contributed by atoms with Crippen molar-refractivity contribution in [3.8, 4) is 17.2 Å². The summed E-state index contributed by atoms with van der Waals surface area (Å²) in [6, 6.07) is 4.03. The predicted molar refractivity (Wildman–Crippen MR) is 83.5 cm³/mol. The Balaban J connectivity index is 2.15. The number of hydrazine groups is 1. The van der Waals surface area contributed by atoms with E-state index in [4.69, 9.17) is 14.2 Å². The number of piperidine rings is 1. The van der Waals surface area contributed by atoms with Crippen molar-refractivity contribution in [1.82, 2.24) is 10.4 Å². The maximum absolute atomic E-state index is 11.1. The zero-order valence-electron chi connectivity index (χ0n) is 13.6. The molecule has 0 aliphatic carbocycles. The van der Waals surface area contributed by atoms with Gasteiger partial charge >= 0.3 is 0 Å². The highest BCUT2D eigenvalue weighted by molar-refractivity contribution is 5.72. The quantitative estimate of drug-likeness (QED) is 0.901. The Labute approximate surface area is 131 Å². The Morgan fingerprint density at radius 3 is 2.05 bits per heavy atom. The number of carbonyl (C=O) groups excluding carboxylic acids is 1. The van der Waals surface area contributed by atoms with Crippen molar-refractivity contribution in [3.05, 3.63) is 17.7 Å². The van der Waals surface area contributed by atoms with Crippen LogP contribution in [0, 0.1) is 0 Å². The van der Waals surface area contributed by atoms with Crippen LogP contribution in [0.25, 0.3) is 0 Å². The van der Waals surface area contributed by atoms with Gasteiger partial charge in [0.15, 0.2) is 11.5 Å². The van der Waals surface area contributed by atoms with Gasteiger partial charge in [-0.2, -0.15) is 0 Å². The number of hydrogen-bond donors (Lipinski definition) is 1. The first-order valence-corrected chi connectivity index (χ1v) is 7.41. The van der Waals surface area contributed by atoms with Gasteiger partial charge < -0.3 is 14.2 Å². The van der Waals surface area contributed by atoms with Crippen molar-refractivity contribution in [2.75, 3.05) is 34.4 Å². The van der Waals surface area contributed by atoms with Crippen LogP contribution in [-0.2, 0) is 4.79 Å². The monoisotopic (exact) mass is 308 g/mol. The van der Waals surface area contributed by atoms with E-state index >= 15 is 0 Å². The zero-order chi connectivity index (χ0) is 16.1. The van der Waals surface area contributed by atoms with Gasteiger partial charge in [0, 0.05) is 20.0 Å². The highest BCUT2D eigenvalue weighted by atomic mass is 16.5. The molecule has 0 atom stereocenters. The number of carbonyl (C=O) groups is 1. The first kappa shape index (κ1) is 16.4. The van der Waals surface area contributed by atoms with E-state index < -0.39 is 0 Å². The van der Waals surface area contributed by atoms with Gasteiger partial charge in [-0.3, -0.25) is 10.2 Å². The lowest BCUT2D eigenvalue weighted by Gasteiger charge is -2.32. The fraction of sp³-hybridized carbons (Fsp3) is 0.562. The summed E-state index contributed by atoms with van der Waals surface area (Å²) in [4.78, 5) is 11.1. The first-order chi connectivity index (χ1) is 10.6. The number of rotatable bonds is 5. The average Bonchev–Trinajstić information content (AvgIpc) is 2.53. The number of hydrogen-bond acceptors (Lipinski definition) is 5. The van der Waals surface area contributed by atoms with Gasteiger partial charge in [-0.05, 0) is 36.5 Å². The van der Waals surface area contributed by atoms with Crippen LogP contribution in [0.4, 0.5) is 0 Å². The van der Waals surface area contributed by atoms with Gasteiger partial charge in [0.2, 0.25) is 11.7 Å². The molecule has 0 aromatic heterocycles. The van der Waals surface area contributed by atoms with Crippen LogP contribution in [0.5, 0.6) is 17.2 Å². The van der Waals surface area contributed by atoms with Crippen LogP contribution in [-0.4, -0.2) is 45.3 Å². The third-order valence-corrected chi connectivity index (χ3v) is 3.97. The number of benzene rings is 1. The molecule has 1 heterocycles.